The lowest BCUT2D eigenvalue weighted by atomic mass is 9.96. The largest absolute Gasteiger partial charge is 0.345 e. The highest BCUT2D eigenvalue weighted by Gasteiger charge is 2.16. The molecule has 2 rings (SSSR count). The summed E-state index contributed by atoms with van der Waals surface area (Å²) in [6.45, 7) is 4.06. The lowest BCUT2D eigenvalue weighted by Gasteiger charge is -2.22. The van der Waals surface area contributed by atoms with E-state index >= 15 is 0 Å². The summed E-state index contributed by atoms with van der Waals surface area (Å²) >= 11 is 0. The first-order chi connectivity index (χ1) is 11.8. The van der Waals surface area contributed by atoms with Crippen molar-refractivity contribution < 1.29 is 4.79 Å². The second-order valence-corrected chi connectivity index (χ2v) is 6.32. The Morgan fingerprint density at radius 2 is 1.76 bits per heavy atom. The number of hydrogen-bond donors (Lipinski definition) is 1. The molecule has 1 aromatic heterocycles. The van der Waals surface area contributed by atoms with Crippen LogP contribution in [-0.4, -0.2) is 15.0 Å². The van der Waals surface area contributed by atoms with Gasteiger partial charge in [-0.15, -0.1) is 0 Å². The number of aromatic nitrogens is 2. The first-order valence-corrected chi connectivity index (χ1v) is 8.11. The summed E-state index contributed by atoms with van der Waals surface area (Å²) < 4.78 is 2.32. The highest BCUT2D eigenvalue weighted by atomic mass is 16.2. The molecule has 1 N–H and O–H groups in total. The lowest BCUT2D eigenvalue weighted by molar-refractivity contribution is -0.117. The quantitative estimate of drug-likeness (QED) is 0.840. The zero-order valence-electron chi connectivity index (χ0n) is 14.9. The number of rotatable bonds is 5. The van der Waals surface area contributed by atoms with Gasteiger partial charge in [0, 0.05) is 26.4 Å². The van der Waals surface area contributed by atoms with E-state index in [-0.39, 0.29) is 23.4 Å². The van der Waals surface area contributed by atoms with Gasteiger partial charge in [0.05, 0.1) is 11.6 Å². The molecule has 6 heteroatoms. The van der Waals surface area contributed by atoms with Gasteiger partial charge in [0.25, 0.3) is 5.56 Å². The third-order valence-electron chi connectivity index (χ3n) is 4.01. The molecular formula is C19H23N3O3. The van der Waals surface area contributed by atoms with E-state index in [0.717, 1.165) is 10.1 Å². The van der Waals surface area contributed by atoms with Crippen molar-refractivity contribution in [2.75, 3.05) is 0 Å². The van der Waals surface area contributed by atoms with Crippen LogP contribution in [0.15, 0.2) is 52.2 Å². The first-order valence-electron chi connectivity index (χ1n) is 8.11. The molecule has 6 nitrogen and oxygen atoms in total. The van der Waals surface area contributed by atoms with Gasteiger partial charge in [-0.05, 0) is 17.6 Å². The number of benzene rings is 1. The second kappa shape index (κ2) is 7.79. The molecule has 0 saturated carbocycles. The van der Waals surface area contributed by atoms with Gasteiger partial charge in [0.2, 0.25) is 5.91 Å². The predicted octanol–water partition coefficient (Wildman–Crippen LogP) is 1.61. The summed E-state index contributed by atoms with van der Waals surface area (Å²) in [6, 6.07) is 9.61. The molecule has 0 spiro atoms. The number of amides is 1. The molecule has 132 valence electrons. The third kappa shape index (κ3) is 4.35. The minimum atomic E-state index is -0.435. The van der Waals surface area contributed by atoms with Crippen LogP contribution in [0.1, 0.15) is 31.0 Å². The summed E-state index contributed by atoms with van der Waals surface area (Å²) in [7, 11) is 2.97. The van der Waals surface area contributed by atoms with Gasteiger partial charge in [0.1, 0.15) is 0 Å². The molecular weight excluding hydrogens is 318 g/mol. The Labute approximate surface area is 146 Å². The smallest absolute Gasteiger partial charge is 0.330 e. The topological polar surface area (TPSA) is 73.1 Å². The van der Waals surface area contributed by atoms with Crippen LogP contribution in [0.4, 0.5) is 0 Å². The fourth-order valence-electron chi connectivity index (χ4n) is 2.61. The molecule has 0 aliphatic carbocycles. The maximum absolute atomic E-state index is 12.3. The molecule has 0 unspecified atom stereocenters. The van der Waals surface area contributed by atoms with Crippen LogP contribution in [-0.2, 0) is 18.9 Å². The van der Waals surface area contributed by atoms with E-state index in [1.165, 1.54) is 30.0 Å². The van der Waals surface area contributed by atoms with Gasteiger partial charge in [-0.1, -0.05) is 44.2 Å². The molecule has 0 radical (unpaired) electrons. The van der Waals surface area contributed by atoms with E-state index in [4.69, 9.17) is 0 Å². The van der Waals surface area contributed by atoms with E-state index in [1.807, 2.05) is 44.2 Å². The summed E-state index contributed by atoms with van der Waals surface area (Å²) in [6.07, 6.45) is 4.17. The molecule has 1 aromatic carbocycles. The Bertz CT molecular complexity index is 892. The highest BCUT2D eigenvalue weighted by Crippen LogP contribution is 2.21. The van der Waals surface area contributed by atoms with Crippen LogP contribution in [0.5, 0.6) is 0 Å². The standard InChI is InChI=1S/C19H23N3O3/c1-13(2)17(14-8-6-5-7-9-14)20-16(23)11-10-15-12-21(3)19(25)22(4)18(15)24/h5-13,17H,1-4H3,(H,20,23)/b11-10+/t17-/m1/s1. The molecule has 2 aromatic rings. The summed E-state index contributed by atoms with van der Waals surface area (Å²) in [5, 5.41) is 2.96. The summed E-state index contributed by atoms with van der Waals surface area (Å²) in [4.78, 5) is 36.0. The van der Waals surface area contributed by atoms with E-state index in [1.54, 1.807) is 7.05 Å². The molecule has 1 amide bonds. The number of carbonyl (C=O) groups excluding carboxylic acids is 1. The van der Waals surface area contributed by atoms with E-state index in [9.17, 15) is 14.4 Å². The number of hydrogen-bond acceptors (Lipinski definition) is 3. The molecule has 0 aliphatic heterocycles. The summed E-state index contributed by atoms with van der Waals surface area (Å²) in [5.74, 6) is -0.0800. The lowest BCUT2D eigenvalue weighted by Crippen LogP contribution is -2.37. The minimum Gasteiger partial charge on any atom is -0.345 e. The Hall–Kier alpha value is -2.89. The average Bonchev–Trinajstić information content (AvgIpc) is 2.60. The van der Waals surface area contributed by atoms with Crippen LogP contribution >= 0.6 is 0 Å². The van der Waals surface area contributed by atoms with Crippen molar-refractivity contribution >= 4 is 12.0 Å². The van der Waals surface area contributed by atoms with Gasteiger partial charge in [0.15, 0.2) is 0 Å². The van der Waals surface area contributed by atoms with Crippen LogP contribution in [0, 0.1) is 5.92 Å². The van der Waals surface area contributed by atoms with Gasteiger partial charge in [-0.25, -0.2) is 4.79 Å². The molecule has 0 fully saturated rings. The van der Waals surface area contributed by atoms with Gasteiger partial charge in [-0.3, -0.25) is 14.2 Å². The van der Waals surface area contributed by atoms with Crippen molar-refractivity contribution in [3.05, 3.63) is 74.6 Å². The van der Waals surface area contributed by atoms with Crippen LogP contribution in [0.3, 0.4) is 0 Å². The van der Waals surface area contributed by atoms with Crippen LogP contribution in [0.25, 0.3) is 6.08 Å². The van der Waals surface area contributed by atoms with Crippen LogP contribution < -0.4 is 16.6 Å². The van der Waals surface area contributed by atoms with Crippen molar-refractivity contribution in [3.63, 3.8) is 0 Å². The van der Waals surface area contributed by atoms with E-state index in [0.29, 0.717) is 0 Å². The Morgan fingerprint density at radius 1 is 1.12 bits per heavy atom. The number of nitrogens with zero attached hydrogens (tertiary/aromatic N) is 2. The number of nitrogens with one attached hydrogen (secondary N) is 1. The number of aryl methyl sites for hydroxylation is 1. The number of carbonyl (C=O) groups is 1. The van der Waals surface area contributed by atoms with Crippen molar-refractivity contribution in [1.82, 2.24) is 14.5 Å². The van der Waals surface area contributed by atoms with Gasteiger partial charge in [-0.2, -0.15) is 0 Å². The predicted molar refractivity (Wildman–Crippen MR) is 98.1 cm³/mol. The molecule has 1 heterocycles. The fourth-order valence-corrected chi connectivity index (χ4v) is 2.61. The van der Waals surface area contributed by atoms with Crippen molar-refractivity contribution in [2.24, 2.45) is 20.0 Å². The van der Waals surface area contributed by atoms with E-state index in [2.05, 4.69) is 5.32 Å². The van der Waals surface area contributed by atoms with Crippen molar-refractivity contribution in [1.29, 1.82) is 0 Å². The third-order valence-corrected chi connectivity index (χ3v) is 4.01. The second-order valence-electron chi connectivity index (χ2n) is 6.32. The zero-order valence-corrected chi connectivity index (χ0v) is 14.9. The van der Waals surface area contributed by atoms with Crippen molar-refractivity contribution in [2.45, 2.75) is 19.9 Å². The molecule has 0 bridgehead atoms. The van der Waals surface area contributed by atoms with Crippen molar-refractivity contribution in [3.8, 4) is 0 Å². The highest BCUT2D eigenvalue weighted by molar-refractivity contribution is 5.91. The molecule has 0 saturated heterocycles. The Kier molecular flexibility index (Phi) is 5.75. The van der Waals surface area contributed by atoms with Crippen LogP contribution in [0.2, 0.25) is 0 Å². The molecule has 0 aliphatic rings. The minimum absolute atomic E-state index is 0.124. The van der Waals surface area contributed by atoms with E-state index < -0.39 is 11.2 Å². The summed E-state index contributed by atoms with van der Waals surface area (Å²) in [5.41, 5.74) is 0.462. The fraction of sp³-hybridized carbons (Fsp3) is 0.316. The maximum atomic E-state index is 12.3. The normalized spacial score (nSPS) is 12.5. The Morgan fingerprint density at radius 3 is 2.36 bits per heavy atom. The maximum Gasteiger partial charge on any atom is 0.330 e. The Balaban J connectivity index is 2.21. The first kappa shape index (κ1) is 18.4. The molecule has 25 heavy (non-hydrogen) atoms. The average molecular weight is 341 g/mol. The van der Waals surface area contributed by atoms with Gasteiger partial charge < -0.3 is 9.88 Å². The monoisotopic (exact) mass is 341 g/mol. The SMILES string of the molecule is CC(C)[C@@H](NC(=O)/C=C/c1cn(C)c(=O)n(C)c1=O)c1ccccc1. The van der Waals surface area contributed by atoms with Gasteiger partial charge >= 0.3 is 5.69 Å². The zero-order chi connectivity index (χ0) is 18.6. The molecule has 1 atom stereocenters.